The number of hydrogen-bond donors (Lipinski definition) is 2. The Kier molecular flexibility index (Phi) is 9.75. The molecule has 0 aromatic heterocycles. The second-order valence-electron chi connectivity index (χ2n) is 10.5. The maximum absolute atomic E-state index is 13.3. The summed E-state index contributed by atoms with van der Waals surface area (Å²) in [6, 6.07) is 9.41. The van der Waals surface area contributed by atoms with Crippen LogP contribution in [0.2, 0.25) is 0 Å². The summed E-state index contributed by atoms with van der Waals surface area (Å²) in [6.45, 7) is 8.60. The van der Waals surface area contributed by atoms with Gasteiger partial charge in [0, 0.05) is 13.7 Å². The molecule has 2 saturated heterocycles. The molecule has 0 spiro atoms. The van der Waals surface area contributed by atoms with Crippen molar-refractivity contribution in [3.8, 4) is 0 Å². The first-order valence-corrected chi connectivity index (χ1v) is 12.7. The Hall–Kier alpha value is -1.94. The molecule has 2 fully saturated rings. The minimum Gasteiger partial charge on any atom is -0.402 e. The minimum atomic E-state index is -0.836. The Balaban J connectivity index is 1.67. The zero-order chi connectivity index (χ0) is 25.5. The summed E-state index contributed by atoms with van der Waals surface area (Å²) in [4.78, 5) is 26.0. The molecule has 2 heterocycles. The normalized spacial score (nSPS) is 22.9. The highest BCUT2D eigenvalue weighted by Gasteiger charge is 2.54. The van der Waals surface area contributed by atoms with Gasteiger partial charge in [-0.1, -0.05) is 30.3 Å². The Morgan fingerprint density at radius 1 is 1.09 bits per heavy atom. The molecule has 2 N–H and O–H groups in total. The van der Waals surface area contributed by atoms with Crippen LogP contribution < -0.4 is 10.6 Å². The summed E-state index contributed by atoms with van der Waals surface area (Å²) >= 11 is 0. The maximum atomic E-state index is 13.3. The van der Waals surface area contributed by atoms with Crippen LogP contribution in [0.1, 0.15) is 65.4 Å². The molecular weight excluding hydrogens is 447 g/mol. The number of benzene rings is 1. The van der Waals surface area contributed by atoms with Crippen LogP contribution in [0.25, 0.3) is 0 Å². The molecule has 35 heavy (non-hydrogen) atoms. The lowest BCUT2D eigenvalue weighted by atomic mass is 9.75. The van der Waals surface area contributed by atoms with E-state index in [1.165, 1.54) is 12.7 Å². The monoisotopic (exact) mass is 488 g/mol. The van der Waals surface area contributed by atoms with Gasteiger partial charge in [0.15, 0.2) is 0 Å². The summed E-state index contributed by atoms with van der Waals surface area (Å²) in [6.07, 6.45) is 4.40. The van der Waals surface area contributed by atoms with E-state index in [0.717, 1.165) is 25.7 Å². The van der Waals surface area contributed by atoms with E-state index in [0.29, 0.717) is 19.4 Å². The molecule has 0 radical (unpaired) electrons. The number of amides is 2. The molecule has 0 saturated carbocycles. The molecule has 2 amide bonds. The zero-order valence-electron chi connectivity index (χ0n) is 21.8. The molecule has 3 rings (SSSR count). The molecule has 0 aliphatic carbocycles. The lowest BCUT2D eigenvalue weighted by Gasteiger charge is -2.32. The van der Waals surface area contributed by atoms with Crippen molar-refractivity contribution >= 4 is 18.9 Å². The van der Waals surface area contributed by atoms with Crippen LogP contribution in [0.5, 0.6) is 0 Å². The molecule has 194 valence electrons. The molecule has 2 aliphatic rings. The SMILES string of the molecule is COCC(NC(=O)C1CCCCO1)C(=O)NC(CCCc1ccccc1)B1OC(C)(C)C(C)(C)O1. The predicted octanol–water partition coefficient (Wildman–Crippen LogP) is 2.83. The third-order valence-corrected chi connectivity index (χ3v) is 7.19. The van der Waals surface area contributed by atoms with E-state index in [2.05, 4.69) is 22.8 Å². The van der Waals surface area contributed by atoms with Crippen molar-refractivity contribution < 1.29 is 28.4 Å². The second-order valence-corrected chi connectivity index (χ2v) is 10.5. The number of aryl methyl sites for hydroxylation is 1. The average Bonchev–Trinajstić information content (AvgIpc) is 3.05. The van der Waals surface area contributed by atoms with Crippen molar-refractivity contribution in [2.75, 3.05) is 20.3 Å². The summed E-state index contributed by atoms with van der Waals surface area (Å²) in [5.74, 6) is -0.983. The smallest absolute Gasteiger partial charge is 0.402 e. The van der Waals surface area contributed by atoms with Crippen molar-refractivity contribution in [1.82, 2.24) is 10.6 Å². The average molecular weight is 488 g/mol. The molecule has 3 unspecified atom stereocenters. The fourth-order valence-corrected chi connectivity index (χ4v) is 4.35. The summed E-state index contributed by atoms with van der Waals surface area (Å²) < 4.78 is 23.4. The van der Waals surface area contributed by atoms with Crippen molar-refractivity contribution in [3.05, 3.63) is 35.9 Å². The van der Waals surface area contributed by atoms with E-state index in [-0.39, 0.29) is 24.4 Å². The van der Waals surface area contributed by atoms with Gasteiger partial charge >= 0.3 is 7.12 Å². The van der Waals surface area contributed by atoms with Gasteiger partial charge in [-0.15, -0.1) is 0 Å². The van der Waals surface area contributed by atoms with Crippen LogP contribution in [0.3, 0.4) is 0 Å². The van der Waals surface area contributed by atoms with Gasteiger partial charge < -0.3 is 29.4 Å². The summed E-state index contributed by atoms with van der Waals surface area (Å²) in [5, 5.41) is 5.90. The van der Waals surface area contributed by atoms with Crippen molar-refractivity contribution in [3.63, 3.8) is 0 Å². The van der Waals surface area contributed by atoms with E-state index in [1.807, 2.05) is 45.9 Å². The highest BCUT2D eigenvalue weighted by atomic mass is 16.7. The van der Waals surface area contributed by atoms with Gasteiger partial charge in [0.2, 0.25) is 11.8 Å². The molecule has 3 atom stereocenters. The van der Waals surface area contributed by atoms with Gasteiger partial charge in [-0.25, -0.2) is 0 Å². The number of ether oxygens (including phenoxy) is 2. The molecular formula is C26H41BN2O6. The lowest BCUT2D eigenvalue weighted by Crippen LogP contribution is -2.57. The van der Waals surface area contributed by atoms with E-state index in [1.54, 1.807) is 0 Å². The van der Waals surface area contributed by atoms with Crippen molar-refractivity contribution in [2.45, 2.75) is 95.5 Å². The quantitative estimate of drug-likeness (QED) is 0.466. The fourth-order valence-electron chi connectivity index (χ4n) is 4.35. The number of carbonyl (C=O) groups excluding carboxylic acids is 2. The Labute approximate surface area is 209 Å². The van der Waals surface area contributed by atoms with Gasteiger partial charge in [0.25, 0.3) is 0 Å². The number of hydrogen-bond acceptors (Lipinski definition) is 6. The predicted molar refractivity (Wildman–Crippen MR) is 135 cm³/mol. The molecule has 0 bridgehead atoms. The van der Waals surface area contributed by atoms with Crippen molar-refractivity contribution in [2.24, 2.45) is 0 Å². The van der Waals surface area contributed by atoms with Crippen molar-refractivity contribution in [1.29, 1.82) is 0 Å². The third kappa shape index (κ3) is 7.52. The van der Waals surface area contributed by atoms with Gasteiger partial charge in [0.1, 0.15) is 12.1 Å². The van der Waals surface area contributed by atoms with E-state index in [4.69, 9.17) is 18.8 Å². The molecule has 1 aromatic rings. The van der Waals surface area contributed by atoms with E-state index < -0.39 is 30.5 Å². The first-order valence-electron chi connectivity index (χ1n) is 12.7. The highest BCUT2D eigenvalue weighted by Crippen LogP contribution is 2.38. The number of nitrogens with one attached hydrogen (secondary N) is 2. The summed E-state index contributed by atoms with van der Waals surface area (Å²) in [7, 11) is 0.912. The third-order valence-electron chi connectivity index (χ3n) is 7.19. The van der Waals surface area contributed by atoms with Gasteiger partial charge in [-0.3, -0.25) is 9.59 Å². The van der Waals surface area contributed by atoms with Crippen LogP contribution in [-0.2, 0) is 34.8 Å². The summed E-state index contributed by atoms with van der Waals surface area (Å²) in [5.41, 5.74) is 0.209. The number of carbonyl (C=O) groups is 2. The lowest BCUT2D eigenvalue weighted by molar-refractivity contribution is -0.139. The molecule has 1 aromatic carbocycles. The fraction of sp³-hybridized carbons (Fsp3) is 0.692. The Morgan fingerprint density at radius 3 is 2.37 bits per heavy atom. The zero-order valence-corrected chi connectivity index (χ0v) is 21.8. The van der Waals surface area contributed by atoms with Gasteiger partial charge in [-0.05, 0) is 71.8 Å². The van der Waals surface area contributed by atoms with E-state index >= 15 is 0 Å². The molecule has 2 aliphatic heterocycles. The van der Waals surface area contributed by atoms with Crippen LogP contribution in [-0.4, -0.2) is 68.5 Å². The van der Waals surface area contributed by atoms with Crippen LogP contribution >= 0.6 is 0 Å². The standard InChI is InChI=1S/C26H41BN2O6/c1-25(2)26(3,4)35-27(34-25)22(16-11-14-19-12-7-6-8-13-19)29-23(30)20(18-32-5)28-24(31)21-15-9-10-17-33-21/h6-8,12-13,20-22H,9-11,14-18H2,1-5H3,(H,28,31)(H,29,30). The Bertz CT molecular complexity index is 812. The van der Waals surface area contributed by atoms with Gasteiger partial charge in [-0.2, -0.15) is 0 Å². The first-order chi connectivity index (χ1) is 16.6. The van der Waals surface area contributed by atoms with Crippen LogP contribution in [0.15, 0.2) is 30.3 Å². The topological polar surface area (TPSA) is 95.1 Å². The van der Waals surface area contributed by atoms with E-state index in [9.17, 15) is 9.59 Å². The largest absolute Gasteiger partial charge is 0.481 e. The Morgan fingerprint density at radius 2 is 1.77 bits per heavy atom. The van der Waals surface area contributed by atoms with Crippen LogP contribution in [0, 0.1) is 0 Å². The minimum absolute atomic E-state index is 0.0599. The number of rotatable bonds is 11. The molecule has 9 heteroatoms. The number of methoxy groups -OCH3 is 1. The second kappa shape index (κ2) is 12.3. The van der Waals surface area contributed by atoms with Gasteiger partial charge in [0.05, 0.1) is 23.8 Å². The molecule has 8 nitrogen and oxygen atoms in total. The first kappa shape index (κ1) is 27.6. The van der Waals surface area contributed by atoms with Crippen LogP contribution in [0.4, 0.5) is 0 Å². The maximum Gasteiger partial charge on any atom is 0.481 e. The highest BCUT2D eigenvalue weighted by molar-refractivity contribution is 6.48.